The van der Waals surface area contributed by atoms with Crippen molar-refractivity contribution < 1.29 is 0 Å². The molecule has 1 aromatic carbocycles. The summed E-state index contributed by atoms with van der Waals surface area (Å²) >= 11 is 6.02. The zero-order valence-electron chi connectivity index (χ0n) is 9.83. The fourth-order valence-corrected chi connectivity index (χ4v) is 2.71. The molecule has 1 aliphatic carbocycles. The fourth-order valence-electron chi connectivity index (χ4n) is 2.54. The van der Waals surface area contributed by atoms with Gasteiger partial charge in [0, 0.05) is 5.02 Å². The highest BCUT2D eigenvalue weighted by molar-refractivity contribution is 6.30. The van der Waals surface area contributed by atoms with Crippen molar-refractivity contribution in [3.05, 3.63) is 44.8 Å². The van der Waals surface area contributed by atoms with Crippen LogP contribution in [0.5, 0.6) is 0 Å². The van der Waals surface area contributed by atoms with Crippen LogP contribution in [0.15, 0.2) is 23.0 Å². The van der Waals surface area contributed by atoms with Crippen LogP contribution < -0.4 is 11.3 Å². The normalized spacial score (nSPS) is 17.1. The van der Waals surface area contributed by atoms with E-state index in [2.05, 4.69) is 16.9 Å². The number of anilines is 1. The number of hydrogen-bond acceptors (Lipinski definition) is 3. The summed E-state index contributed by atoms with van der Waals surface area (Å²) in [5.74, 6) is 0.467. The van der Waals surface area contributed by atoms with Gasteiger partial charge in [-0.2, -0.15) is 0 Å². The average Bonchev–Trinajstić information content (AvgIpc) is 2.27. The van der Waals surface area contributed by atoms with E-state index in [1.54, 1.807) is 0 Å². The molecule has 18 heavy (non-hydrogen) atoms. The van der Waals surface area contributed by atoms with E-state index in [4.69, 9.17) is 17.3 Å². The van der Waals surface area contributed by atoms with Crippen molar-refractivity contribution in [2.75, 3.05) is 5.73 Å². The molecule has 0 spiro atoms. The lowest BCUT2D eigenvalue weighted by Gasteiger charge is -2.23. The Kier molecular flexibility index (Phi) is 2.41. The van der Waals surface area contributed by atoms with E-state index < -0.39 is 0 Å². The smallest absolute Gasteiger partial charge is 0.260 e. The maximum absolute atomic E-state index is 12.0. The van der Waals surface area contributed by atoms with Gasteiger partial charge in [-0.3, -0.25) is 9.78 Å². The lowest BCUT2D eigenvalue weighted by molar-refractivity contribution is 0.726. The van der Waals surface area contributed by atoms with Crippen LogP contribution in [0.4, 0.5) is 5.95 Å². The van der Waals surface area contributed by atoms with Crippen LogP contribution >= 0.6 is 11.6 Å². The molecule has 0 amide bonds. The summed E-state index contributed by atoms with van der Waals surface area (Å²) in [6.07, 6.45) is 0.720. The fraction of sp³-hybridized carbons (Fsp3) is 0.231. The molecule has 5 heteroatoms. The lowest BCUT2D eigenvalue weighted by atomic mass is 9.82. The molecular formula is C13H12ClN3O. The molecule has 3 N–H and O–H groups in total. The van der Waals surface area contributed by atoms with Gasteiger partial charge < -0.3 is 5.73 Å². The second kappa shape index (κ2) is 3.85. The predicted molar refractivity (Wildman–Crippen MR) is 71.8 cm³/mol. The summed E-state index contributed by atoms with van der Waals surface area (Å²) in [5, 5.41) is 0.616. The number of nitrogens with two attached hydrogens (primary N) is 1. The van der Waals surface area contributed by atoms with Crippen LogP contribution in [0, 0.1) is 0 Å². The summed E-state index contributed by atoms with van der Waals surface area (Å²) in [6, 6.07) is 5.64. The van der Waals surface area contributed by atoms with Crippen molar-refractivity contribution in [3.63, 3.8) is 0 Å². The molecule has 0 unspecified atom stereocenters. The van der Waals surface area contributed by atoms with E-state index in [-0.39, 0.29) is 11.5 Å². The van der Waals surface area contributed by atoms with Gasteiger partial charge in [-0.1, -0.05) is 24.6 Å². The topological polar surface area (TPSA) is 71.8 Å². The molecule has 0 saturated carbocycles. The Morgan fingerprint density at radius 2 is 2.28 bits per heavy atom. The summed E-state index contributed by atoms with van der Waals surface area (Å²) in [6.45, 7) is 2.11. The summed E-state index contributed by atoms with van der Waals surface area (Å²) in [7, 11) is 0. The molecule has 3 rings (SSSR count). The second-order valence-electron chi connectivity index (χ2n) is 4.61. The maximum Gasteiger partial charge on any atom is 0.260 e. The standard InChI is InChI=1S/C13H12ClN3O/c1-6-4-10-11(12(18)17-13(15)16-10)9-5-7(14)2-3-8(6)9/h2-3,5-6H,4H2,1H3,(H3,15,16,17,18)/t6-/m0/s1. The molecule has 0 fully saturated rings. The average molecular weight is 262 g/mol. The number of halogens is 1. The van der Waals surface area contributed by atoms with E-state index in [0.717, 1.165) is 23.2 Å². The van der Waals surface area contributed by atoms with Crippen molar-refractivity contribution in [3.8, 4) is 11.1 Å². The van der Waals surface area contributed by atoms with Crippen LogP contribution in [-0.4, -0.2) is 9.97 Å². The van der Waals surface area contributed by atoms with Gasteiger partial charge in [0.15, 0.2) is 0 Å². The Morgan fingerprint density at radius 3 is 3.06 bits per heavy atom. The highest BCUT2D eigenvalue weighted by Crippen LogP contribution is 2.38. The summed E-state index contributed by atoms with van der Waals surface area (Å²) in [5.41, 5.74) is 8.72. The van der Waals surface area contributed by atoms with E-state index in [1.165, 1.54) is 0 Å². The van der Waals surface area contributed by atoms with Crippen LogP contribution in [0.3, 0.4) is 0 Å². The van der Waals surface area contributed by atoms with Gasteiger partial charge in [-0.15, -0.1) is 0 Å². The largest absolute Gasteiger partial charge is 0.369 e. The van der Waals surface area contributed by atoms with Crippen molar-refractivity contribution in [2.45, 2.75) is 19.3 Å². The first-order valence-electron chi connectivity index (χ1n) is 5.74. The molecule has 4 nitrogen and oxygen atoms in total. The lowest BCUT2D eigenvalue weighted by Crippen LogP contribution is -2.22. The number of benzene rings is 1. The van der Waals surface area contributed by atoms with Crippen molar-refractivity contribution in [2.24, 2.45) is 0 Å². The summed E-state index contributed by atoms with van der Waals surface area (Å²) < 4.78 is 0. The first-order chi connectivity index (χ1) is 8.56. The van der Waals surface area contributed by atoms with E-state index in [9.17, 15) is 4.79 Å². The molecular weight excluding hydrogens is 250 g/mol. The highest BCUT2D eigenvalue weighted by atomic mass is 35.5. The molecule has 0 bridgehead atoms. The number of aromatic nitrogens is 2. The molecule has 0 radical (unpaired) electrons. The Bertz CT molecular complexity index is 693. The van der Waals surface area contributed by atoms with Gasteiger partial charge in [0.1, 0.15) is 0 Å². The maximum atomic E-state index is 12.0. The molecule has 0 aliphatic heterocycles. The molecule has 1 aromatic heterocycles. The second-order valence-corrected chi connectivity index (χ2v) is 5.05. The van der Waals surface area contributed by atoms with Crippen LogP contribution in [-0.2, 0) is 6.42 Å². The minimum Gasteiger partial charge on any atom is -0.369 e. The van der Waals surface area contributed by atoms with E-state index >= 15 is 0 Å². The van der Waals surface area contributed by atoms with Gasteiger partial charge in [0.25, 0.3) is 5.56 Å². The van der Waals surface area contributed by atoms with Gasteiger partial charge in [0.2, 0.25) is 5.95 Å². The molecule has 1 heterocycles. The van der Waals surface area contributed by atoms with Crippen molar-refractivity contribution >= 4 is 17.5 Å². The number of nitrogens with zero attached hydrogens (tertiary/aromatic N) is 1. The molecule has 0 saturated heterocycles. The van der Waals surface area contributed by atoms with Gasteiger partial charge >= 0.3 is 0 Å². The van der Waals surface area contributed by atoms with Crippen LogP contribution in [0.1, 0.15) is 24.1 Å². The third kappa shape index (κ3) is 1.61. The minimum atomic E-state index is -0.201. The zero-order valence-corrected chi connectivity index (χ0v) is 10.6. The van der Waals surface area contributed by atoms with Crippen LogP contribution in [0.25, 0.3) is 11.1 Å². The Balaban J connectivity index is 2.38. The number of rotatable bonds is 0. The van der Waals surface area contributed by atoms with E-state index in [1.807, 2.05) is 18.2 Å². The van der Waals surface area contributed by atoms with Crippen LogP contribution in [0.2, 0.25) is 5.02 Å². The predicted octanol–water partition coefficient (Wildman–Crippen LogP) is 2.33. The molecule has 92 valence electrons. The highest BCUT2D eigenvalue weighted by Gasteiger charge is 2.25. The van der Waals surface area contributed by atoms with Gasteiger partial charge in [-0.25, -0.2) is 4.98 Å². The number of aromatic amines is 1. The first-order valence-corrected chi connectivity index (χ1v) is 6.12. The Hall–Kier alpha value is -1.81. The number of H-pyrrole nitrogens is 1. The number of nitrogen functional groups attached to an aromatic ring is 1. The van der Waals surface area contributed by atoms with Gasteiger partial charge in [-0.05, 0) is 35.6 Å². The SMILES string of the molecule is C[C@H]1Cc2nc(N)[nH]c(=O)c2-c2cc(Cl)ccc21. The first kappa shape index (κ1) is 11.3. The van der Waals surface area contributed by atoms with Crippen molar-refractivity contribution in [1.29, 1.82) is 0 Å². The Labute approximate surface area is 109 Å². The molecule has 1 aliphatic rings. The number of nitrogens with one attached hydrogen (secondary N) is 1. The van der Waals surface area contributed by atoms with Gasteiger partial charge in [0.05, 0.1) is 11.3 Å². The molecule has 1 atom stereocenters. The minimum absolute atomic E-state index is 0.163. The molecule has 2 aromatic rings. The summed E-state index contributed by atoms with van der Waals surface area (Å²) in [4.78, 5) is 18.8. The third-order valence-corrected chi connectivity index (χ3v) is 3.56. The quantitative estimate of drug-likeness (QED) is 0.765. The van der Waals surface area contributed by atoms with E-state index in [0.29, 0.717) is 16.5 Å². The zero-order chi connectivity index (χ0) is 12.9. The van der Waals surface area contributed by atoms with Crippen molar-refractivity contribution in [1.82, 2.24) is 9.97 Å². The number of hydrogen-bond donors (Lipinski definition) is 2. The Morgan fingerprint density at radius 1 is 1.50 bits per heavy atom. The monoisotopic (exact) mass is 261 g/mol. The third-order valence-electron chi connectivity index (χ3n) is 3.33. The number of fused-ring (bicyclic) bond motifs is 3.